The Morgan fingerprint density at radius 1 is 1.26 bits per heavy atom. The lowest BCUT2D eigenvalue weighted by Gasteiger charge is -2.39. The number of hydrogen-bond acceptors (Lipinski definition) is 4. The van der Waals surface area contributed by atoms with E-state index in [2.05, 4.69) is 0 Å². The molecule has 2 heterocycles. The minimum absolute atomic E-state index is 0.000605. The standard InChI is InChI=1S/C21H25FN2O3/c1-21(2,3)27-20(26)24-16-6-7-17(24)10-15(9-16)19(25)11-14-5-4-13(12-23)8-18(14)22/h4-5,8,15-17H,6-7,9-11H2,1-3H3. The molecule has 2 bridgehead atoms. The van der Waals surface area contributed by atoms with E-state index in [4.69, 9.17) is 10.00 Å². The van der Waals surface area contributed by atoms with Crippen LogP contribution in [0.25, 0.3) is 0 Å². The number of nitrogens with zero attached hydrogens (tertiary/aromatic N) is 2. The van der Waals surface area contributed by atoms with E-state index in [1.807, 2.05) is 26.8 Å². The van der Waals surface area contributed by atoms with Crippen molar-refractivity contribution in [2.75, 3.05) is 0 Å². The van der Waals surface area contributed by atoms with Crippen LogP contribution in [0.4, 0.5) is 9.18 Å². The van der Waals surface area contributed by atoms with E-state index < -0.39 is 11.4 Å². The molecular formula is C21H25FN2O3. The molecule has 1 aromatic rings. The number of fused-ring (bicyclic) bond motifs is 2. The number of Topliss-reactive ketones (excluding diaryl/α,β-unsaturated/α-hetero) is 1. The Morgan fingerprint density at radius 2 is 1.89 bits per heavy atom. The van der Waals surface area contributed by atoms with Crippen LogP contribution in [0.1, 0.15) is 57.6 Å². The molecule has 144 valence electrons. The maximum Gasteiger partial charge on any atom is 0.410 e. The number of ketones is 1. The maximum absolute atomic E-state index is 14.1. The van der Waals surface area contributed by atoms with E-state index in [-0.39, 0.29) is 41.9 Å². The number of carbonyl (C=O) groups is 2. The molecular weight excluding hydrogens is 347 g/mol. The summed E-state index contributed by atoms with van der Waals surface area (Å²) >= 11 is 0. The predicted octanol–water partition coefficient (Wildman–Crippen LogP) is 3.99. The molecule has 0 aromatic heterocycles. The molecule has 0 radical (unpaired) electrons. The number of nitriles is 1. The molecule has 5 nitrogen and oxygen atoms in total. The number of benzene rings is 1. The van der Waals surface area contributed by atoms with Gasteiger partial charge < -0.3 is 9.64 Å². The fourth-order valence-electron chi connectivity index (χ4n) is 4.14. The van der Waals surface area contributed by atoms with Crippen LogP contribution < -0.4 is 0 Å². The van der Waals surface area contributed by atoms with Crippen LogP contribution in [0.15, 0.2) is 18.2 Å². The molecule has 3 rings (SSSR count). The van der Waals surface area contributed by atoms with Gasteiger partial charge in [-0.25, -0.2) is 9.18 Å². The maximum atomic E-state index is 14.1. The van der Waals surface area contributed by atoms with Gasteiger partial charge in [-0.15, -0.1) is 0 Å². The Balaban J connectivity index is 1.65. The molecule has 2 atom stereocenters. The number of halogens is 1. The van der Waals surface area contributed by atoms with E-state index in [1.54, 1.807) is 4.90 Å². The Bertz CT molecular complexity index is 780. The lowest BCUT2D eigenvalue weighted by Crippen LogP contribution is -2.49. The van der Waals surface area contributed by atoms with Gasteiger partial charge in [0.2, 0.25) is 0 Å². The Kier molecular flexibility index (Phi) is 5.23. The van der Waals surface area contributed by atoms with Gasteiger partial charge in [0, 0.05) is 24.4 Å². The highest BCUT2D eigenvalue weighted by Gasteiger charge is 2.46. The fourth-order valence-corrected chi connectivity index (χ4v) is 4.14. The monoisotopic (exact) mass is 372 g/mol. The zero-order valence-corrected chi connectivity index (χ0v) is 16.0. The summed E-state index contributed by atoms with van der Waals surface area (Å²) in [7, 11) is 0. The predicted molar refractivity (Wildman–Crippen MR) is 97.4 cm³/mol. The largest absolute Gasteiger partial charge is 0.444 e. The van der Waals surface area contributed by atoms with Crippen molar-refractivity contribution in [2.45, 2.75) is 70.6 Å². The SMILES string of the molecule is CC(C)(C)OC(=O)N1C2CCC1CC(C(=O)Cc1ccc(C#N)cc1F)C2. The second-order valence-electron chi connectivity index (χ2n) is 8.50. The normalized spacial score (nSPS) is 24.4. The van der Waals surface area contributed by atoms with E-state index in [0.29, 0.717) is 18.4 Å². The summed E-state index contributed by atoms with van der Waals surface area (Å²) in [6.45, 7) is 5.53. The first kappa shape index (κ1) is 19.3. The molecule has 1 aromatic carbocycles. The van der Waals surface area contributed by atoms with Crippen molar-refractivity contribution in [1.29, 1.82) is 5.26 Å². The third-order valence-electron chi connectivity index (χ3n) is 5.34. The summed E-state index contributed by atoms with van der Waals surface area (Å²) in [5.41, 5.74) is 0.0179. The number of carbonyl (C=O) groups excluding carboxylic acids is 2. The molecule has 2 fully saturated rings. The summed E-state index contributed by atoms with van der Waals surface area (Å²) < 4.78 is 19.6. The second-order valence-corrected chi connectivity index (χ2v) is 8.50. The van der Waals surface area contributed by atoms with Gasteiger partial charge in [-0.1, -0.05) is 6.07 Å². The number of piperidine rings is 1. The van der Waals surface area contributed by atoms with Gasteiger partial charge in [0.05, 0.1) is 11.6 Å². The number of amides is 1. The summed E-state index contributed by atoms with van der Waals surface area (Å²) in [5.74, 6) is -0.688. The minimum Gasteiger partial charge on any atom is -0.444 e. The van der Waals surface area contributed by atoms with Gasteiger partial charge in [-0.05, 0) is 64.2 Å². The first-order valence-electron chi connectivity index (χ1n) is 9.40. The molecule has 6 heteroatoms. The van der Waals surface area contributed by atoms with Crippen molar-refractivity contribution >= 4 is 11.9 Å². The molecule has 0 N–H and O–H groups in total. The second kappa shape index (κ2) is 7.30. The van der Waals surface area contributed by atoms with E-state index in [0.717, 1.165) is 18.9 Å². The Hall–Kier alpha value is -2.42. The van der Waals surface area contributed by atoms with E-state index in [9.17, 15) is 14.0 Å². The van der Waals surface area contributed by atoms with Crippen LogP contribution in [0, 0.1) is 23.1 Å². The molecule has 0 spiro atoms. The van der Waals surface area contributed by atoms with Crippen molar-refractivity contribution in [2.24, 2.45) is 5.92 Å². The number of ether oxygens (including phenoxy) is 1. The van der Waals surface area contributed by atoms with Crippen molar-refractivity contribution in [3.05, 3.63) is 35.1 Å². The third kappa shape index (κ3) is 4.29. The smallest absolute Gasteiger partial charge is 0.410 e. The van der Waals surface area contributed by atoms with Gasteiger partial charge in [-0.3, -0.25) is 4.79 Å². The molecule has 0 aliphatic carbocycles. The summed E-state index contributed by atoms with van der Waals surface area (Å²) in [6.07, 6.45) is 2.67. The Morgan fingerprint density at radius 3 is 2.41 bits per heavy atom. The first-order valence-corrected chi connectivity index (χ1v) is 9.40. The zero-order chi connectivity index (χ0) is 19.8. The van der Waals surface area contributed by atoms with Crippen molar-refractivity contribution < 1.29 is 18.7 Å². The molecule has 2 unspecified atom stereocenters. The molecule has 2 aliphatic rings. The topological polar surface area (TPSA) is 70.4 Å². The molecule has 0 saturated carbocycles. The molecule has 27 heavy (non-hydrogen) atoms. The molecule has 2 aliphatic heterocycles. The average Bonchev–Trinajstić information content (AvgIpc) is 2.85. The lowest BCUT2D eigenvalue weighted by atomic mass is 9.85. The Labute approximate surface area is 159 Å². The lowest BCUT2D eigenvalue weighted by molar-refractivity contribution is -0.124. The molecule has 1 amide bonds. The van der Waals surface area contributed by atoms with Crippen LogP contribution in [0.3, 0.4) is 0 Å². The van der Waals surface area contributed by atoms with Crippen LogP contribution in [0.2, 0.25) is 0 Å². The van der Waals surface area contributed by atoms with Crippen LogP contribution >= 0.6 is 0 Å². The van der Waals surface area contributed by atoms with Gasteiger partial charge in [0.1, 0.15) is 17.2 Å². The fraction of sp³-hybridized carbons (Fsp3) is 0.571. The highest BCUT2D eigenvalue weighted by atomic mass is 19.1. The van der Waals surface area contributed by atoms with Crippen LogP contribution in [-0.2, 0) is 16.0 Å². The zero-order valence-electron chi connectivity index (χ0n) is 16.0. The highest BCUT2D eigenvalue weighted by Crippen LogP contribution is 2.40. The van der Waals surface area contributed by atoms with Gasteiger partial charge >= 0.3 is 6.09 Å². The van der Waals surface area contributed by atoms with Crippen molar-refractivity contribution in [3.8, 4) is 6.07 Å². The summed E-state index contributed by atoms with van der Waals surface area (Å²) in [6, 6.07) is 6.12. The third-order valence-corrected chi connectivity index (χ3v) is 5.34. The quantitative estimate of drug-likeness (QED) is 0.804. The molecule has 2 saturated heterocycles. The highest BCUT2D eigenvalue weighted by molar-refractivity contribution is 5.84. The van der Waals surface area contributed by atoms with Gasteiger partial charge in [0.25, 0.3) is 0 Å². The summed E-state index contributed by atoms with van der Waals surface area (Å²) in [4.78, 5) is 27.0. The minimum atomic E-state index is -0.545. The van der Waals surface area contributed by atoms with E-state index >= 15 is 0 Å². The number of hydrogen-bond donors (Lipinski definition) is 0. The van der Waals surface area contributed by atoms with Crippen molar-refractivity contribution in [1.82, 2.24) is 4.90 Å². The van der Waals surface area contributed by atoms with Gasteiger partial charge in [0.15, 0.2) is 0 Å². The average molecular weight is 372 g/mol. The van der Waals surface area contributed by atoms with Crippen LogP contribution in [-0.4, -0.2) is 34.5 Å². The summed E-state index contributed by atoms with van der Waals surface area (Å²) in [5, 5.41) is 8.82. The first-order chi connectivity index (χ1) is 12.7. The van der Waals surface area contributed by atoms with Crippen molar-refractivity contribution in [3.63, 3.8) is 0 Å². The van der Waals surface area contributed by atoms with E-state index in [1.165, 1.54) is 12.1 Å². The van der Waals surface area contributed by atoms with Crippen LogP contribution in [0.5, 0.6) is 0 Å². The van der Waals surface area contributed by atoms with Gasteiger partial charge in [-0.2, -0.15) is 5.26 Å². The number of rotatable bonds is 3.